The summed E-state index contributed by atoms with van der Waals surface area (Å²) >= 11 is 0. The number of allylic oxidation sites excluding steroid dienone is 1. The van der Waals surface area contributed by atoms with Crippen molar-refractivity contribution in [2.75, 3.05) is 0 Å². The number of rotatable bonds is 0. The summed E-state index contributed by atoms with van der Waals surface area (Å²) in [4.78, 5) is 11.4. The van der Waals surface area contributed by atoms with Gasteiger partial charge in [0.05, 0.1) is 11.7 Å². The molecule has 0 aromatic heterocycles. The summed E-state index contributed by atoms with van der Waals surface area (Å²) in [5.41, 5.74) is -1.43. The highest BCUT2D eigenvalue weighted by Crippen LogP contribution is 2.52. The lowest BCUT2D eigenvalue weighted by molar-refractivity contribution is -0.157. The number of hydrogen-bond acceptors (Lipinski definition) is 3. The minimum atomic E-state index is -1.06. The Morgan fingerprint density at radius 2 is 2.20 bits per heavy atom. The molecule has 2 aliphatic rings. The van der Waals surface area contributed by atoms with Crippen LogP contribution in [0.2, 0.25) is 0 Å². The smallest absolute Gasteiger partial charge is 0.158 e. The summed E-state index contributed by atoms with van der Waals surface area (Å²) in [6, 6.07) is 0. The van der Waals surface area contributed by atoms with Crippen LogP contribution >= 0.6 is 0 Å². The molecule has 0 amide bonds. The van der Waals surface area contributed by atoms with Crippen LogP contribution in [0.3, 0.4) is 0 Å². The van der Waals surface area contributed by atoms with Crippen molar-refractivity contribution in [3.05, 3.63) is 12.2 Å². The largest absolute Gasteiger partial charge is 0.393 e. The van der Waals surface area contributed by atoms with E-state index in [1.807, 2.05) is 19.9 Å². The third-order valence-electron chi connectivity index (χ3n) is 4.31. The van der Waals surface area contributed by atoms with Gasteiger partial charge in [-0.1, -0.05) is 19.9 Å². The van der Waals surface area contributed by atoms with E-state index >= 15 is 0 Å². The summed E-state index contributed by atoms with van der Waals surface area (Å²) in [5.74, 6) is 0.145. The second kappa shape index (κ2) is 3.16. The van der Waals surface area contributed by atoms with Gasteiger partial charge in [-0.3, -0.25) is 4.79 Å². The first kappa shape index (κ1) is 10.8. The Morgan fingerprint density at radius 3 is 2.87 bits per heavy atom. The Morgan fingerprint density at radius 1 is 1.53 bits per heavy atom. The average Bonchev–Trinajstić information content (AvgIpc) is 2.09. The topological polar surface area (TPSA) is 57.5 Å². The lowest BCUT2D eigenvalue weighted by Crippen LogP contribution is -2.57. The van der Waals surface area contributed by atoms with Crippen molar-refractivity contribution >= 4 is 5.78 Å². The normalized spacial score (nSPS) is 50.3. The fraction of sp³-hybridized carbons (Fsp3) is 0.750. The minimum absolute atomic E-state index is 0.0451. The van der Waals surface area contributed by atoms with Crippen LogP contribution in [0.5, 0.6) is 0 Å². The van der Waals surface area contributed by atoms with E-state index in [9.17, 15) is 15.0 Å². The number of hydrogen-bond donors (Lipinski definition) is 2. The fourth-order valence-electron chi connectivity index (χ4n) is 3.00. The van der Waals surface area contributed by atoms with Crippen LogP contribution in [-0.2, 0) is 4.79 Å². The Labute approximate surface area is 89.8 Å². The standard InChI is InChI=1S/C12H18O3/c1-8-5-10(14)7-12(15)6-9(13)3-4-11(8,12)2/h3-4,8,10,14-15H,5-7H2,1-2H3/t8-,10-,11+,12+/m0/s1. The fourth-order valence-corrected chi connectivity index (χ4v) is 3.00. The van der Waals surface area contributed by atoms with Gasteiger partial charge in [-0.05, 0) is 18.4 Å². The Hall–Kier alpha value is -0.670. The molecule has 3 nitrogen and oxygen atoms in total. The van der Waals surface area contributed by atoms with Crippen LogP contribution in [0, 0.1) is 11.3 Å². The van der Waals surface area contributed by atoms with Crippen molar-refractivity contribution in [3.63, 3.8) is 0 Å². The van der Waals surface area contributed by atoms with Crippen LogP contribution in [-0.4, -0.2) is 27.7 Å². The summed E-state index contributed by atoms with van der Waals surface area (Å²) in [6.45, 7) is 4.00. The number of fused-ring (bicyclic) bond motifs is 1. The molecule has 0 unspecified atom stereocenters. The molecule has 2 N–H and O–H groups in total. The van der Waals surface area contributed by atoms with Crippen molar-refractivity contribution in [2.45, 2.75) is 44.8 Å². The van der Waals surface area contributed by atoms with E-state index in [0.717, 1.165) is 0 Å². The van der Waals surface area contributed by atoms with Crippen LogP contribution < -0.4 is 0 Å². The molecule has 84 valence electrons. The molecule has 0 heterocycles. The van der Waals surface area contributed by atoms with Crippen molar-refractivity contribution in [1.82, 2.24) is 0 Å². The molecule has 0 aromatic carbocycles. The summed E-state index contributed by atoms with van der Waals surface area (Å²) in [5, 5.41) is 20.2. The van der Waals surface area contributed by atoms with Crippen molar-refractivity contribution in [2.24, 2.45) is 11.3 Å². The molecular weight excluding hydrogens is 192 g/mol. The van der Waals surface area contributed by atoms with Crippen LogP contribution in [0.15, 0.2) is 12.2 Å². The van der Waals surface area contributed by atoms with E-state index in [-0.39, 0.29) is 23.5 Å². The second-order valence-electron chi connectivity index (χ2n) is 5.29. The Balaban J connectivity index is 2.42. The van der Waals surface area contributed by atoms with Crippen LogP contribution in [0.1, 0.15) is 33.1 Å². The van der Waals surface area contributed by atoms with E-state index in [1.54, 1.807) is 6.08 Å². The van der Waals surface area contributed by atoms with Gasteiger partial charge >= 0.3 is 0 Å². The van der Waals surface area contributed by atoms with Gasteiger partial charge in [0.1, 0.15) is 0 Å². The first-order valence-electron chi connectivity index (χ1n) is 5.50. The molecule has 0 radical (unpaired) electrons. The molecule has 0 aliphatic heterocycles. The molecule has 1 saturated carbocycles. The number of aliphatic hydroxyl groups is 2. The Kier molecular flexibility index (Phi) is 2.28. The van der Waals surface area contributed by atoms with Gasteiger partial charge in [0.25, 0.3) is 0 Å². The monoisotopic (exact) mass is 210 g/mol. The third-order valence-corrected chi connectivity index (χ3v) is 4.31. The number of carbonyl (C=O) groups excluding carboxylic acids is 1. The average molecular weight is 210 g/mol. The second-order valence-corrected chi connectivity index (χ2v) is 5.29. The quantitative estimate of drug-likeness (QED) is 0.628. The van der Waals surface area contributed by atoms with Gasteiger partial charge in [0.15, 0.2) is 5.78 Å². The van der Waals surface area contributed by atoms with Gasteiger partial charge < -0.3 is 10.2 Å². The predicted octanol–water partition coefficient (Wildman–Crippen LogP) is 1.04. The van der Waals surface area contributed by atoms with E-state index in [0.29, 0.717) is 12.8 Å². The van der Waals surface area contributed by atoms with Crippen molar-refractivity contribution < 1.29 is 15.0 Å². The van der Waals surface area contributed by atoms with Gasteiger partial charge in [0.2, 0.25) is 0 Å². The maximum atomic E-state index is 11.4. The summed E-state index contributed by atoms with van der Waals surface area (Å²) < 4.78 is 0. The van der Waals surface area contributed by atoms with Gasteiger partial charge in [-0.2, -0.15) is 0 Å². The lowest BCUT2D eigenvalue weighted by Gasteiger charge is -2.53. The number of ketones is 1. The summed E-state index contributed by atoms with van der Waals surface area (Å²) in [6.07, 6.45) is 4.05. The first-order chi connectivity index (χ1) is 6.87. The molecule has 4 atom stereocenters. The zero-order chi connectivity index (χ0) is 11.3. The van der Waals surface area contributed by atoms with Crippen molar-refractivity contribution in [3.8, 4) is 0 Å². The van der Waals surface area contributed by atoms with Crippen LogP contribution in [0.4, 0.5) is 0 Å². The lowest BCUT2D eigenvalue weighted by atomic mass is 9.55. The highest BCUT2D eigenvalue weighted by Gasteiger charge is 2.55. The molecule has 15 heavy (non-hydrogen) atoms. The van der Waals surface area contributed by atoms with Crippen LogP contribution in [0.25, 0.3) is 0 Å². The molecule has 0 aromatic rings. The molecule has 0 spiro atoms. The maximum absolute atomic E-state index is 11.4. The Bertz CT molecular complexity index is 323. The van der Waals surface area contributed by atoms with Crippen molar-refractivity contribution in [1.29, 1.82) is 0 Å². The van der Waals surface area contributed by atoms with E-state index in [1.165, 1.54) is 0 Å². The van der Waals surface area contributed by atoms with E-state index < -0.39 is 11.7 Å². The molecule has 0 bridgehead atoms. The van der Waals surface area contributed by atoms with E-state index in [2.05, 4.69) is 0 Å². The number of aliphatic hydroxyl groups excluding tert-OH is 1. The number of carbonyl (C=O) groups is 1. The van der Waals surface area contributed by atoms with E-state index in [4.69, 9.17) is 0 Å². The molecule has 2 aliphatic carbocycles. The zero-order valence-electron chi connectivity index (χ0n) is 9.23. The zero-order valence-corrected chi connectivity index (χ0v) is 9.23. The SMILES string of the molecule is C[C@H]1C[C@H](O)C[C@]2(O)CC(=O)C=C[C@]12C. The molecule has 0 saturated heterocycles. The molecule has 1 fully saturated rings. The molecular formula is C12H18O3. The maximum Gasteiger partial charge on any atom is 0.158 e. The highest BCUT2D eigenvalue weighted by atomic mass is 16.3. The highest BCUT2D eigenvalue weighted by molar-refractivity contribution is 5.91. The van der Waals surface area contributed by atoms with Gasteiger partial charge in [0, 0.05) is 18.3 Å². The molecule has 2 rings (SSSR count). The molecule has 3 heteroatoms. The first-order valence-corrected chi connectivity index (χ1v) is 5.50. The third kappa shape index (κ3) is 1.45. The summed E-state index contributed by atoms with van der Waals surface area (Å²) in [7, 11) is 0. The predicted molar refractivity (Wildman–Crippen MR) is 56.2 cm³/mol. The van der Waals surface area contributed by atoms with Gasteiger partial charge in [-0.15, -0.1) is 0 Å². The minimum Gasteiger partial charge on any atom is -0.393 e. The van der Waals surface area contributed by atoms with Gasteiger partial charge in [-0.25, -0.2) is 0 Å².